The van der Waals surface area contributed by atoms with Crippen LogP contribution in [0.4, 0.5) is 0 Å². The van der Waals surface area contributed by atoms with Crippen LogP contribution in [0.2, 0.25) is 0 Å². The monoisotopic (exact) mass is 662 g/mol. The maximum atomic E-state index is 2.52. The Morgan fingerprint density at radius 3 is 2.04 bits per heavy atom. The highest BCUT2D eigenvalue weighted by Crippen LogP contribution is 2.57. The Bertz CT molecular complexity index is 3120. The lowest BCUT2D eigenvalue weighted by atomic mass is 9.73. The topological polar surface area (TPSA) is 9.86 Å². The zero-order valence-electron chi connectivity index (χ0n) is 28.9. The smallest absolute Gasteiger partial charge is 0.0585 e. The quantitative estimate of drug-likeness (QED) is 0.178. The van der Waals surface area contributed by atoms with Crippen molar-refractivity contribution < 1.29 is 0 Å². The van der Waals surface area contributed by atoms with E-state index in [1.807, 2.05) is 0 Å². The molecule has 2 heteroatoms. The number of aromatic nitrogens is 2. The van der Waals surface area contributed by atoms with Gasteiger partial charge in [0, 0.05) is 43.5 Å². The fourth-order valence-electron chi connectivity index (χ4n) is 9.91. The molecule has 3 heterocycles. The first-order chi connectivity index (χ1) is 25.7. The lowest BCUT2D eigenvalue weighted by Crippen LogP contribution is -2.30. The van der Waals surface area contributed by atoms with Crippen molar-refractivity contribution in [1.82, 2.24) is 9.13 Å². The molecule has 3 aliphatic rings. The molecule has 9 aromatic rings. The van der Waals surface area contributed by atoms with E-state index in [0.29, 0.717) is 0 Å². The summed E-state index contributed by atoms with van der Waals surface area (Å²) < 4.78 is 4.98. The van der Waals surface area contributed by atoms with Crippen molar-refractivity contribution >= 4 is 44.9 Å². The highest BCUT2D eigenvalue weighted by molar-refractivity contribution is 6.13. The molecule has 0 spiro atoms. The van der Waals surface area contributed by atoms with Gasteiger partial charge in [-0.15, -0.1) is 0 Å². The zero-order chi connectivity index (χ0) is 34.1. The molecular weight excluding hydrogens is 629 g/mol. The minimum atomic E-state index is -0.278. The Morgan fingerprint density at radius 2 is 1.13 bits per heavy atom. The highest BCUT2D eigenvalue weighted by atomic mass is 15.0. The molecule has 52 heavy (non-hydrogen) atoms. The van der Waals surface area contributed by atoms with Gasteiger partial charge in [0.2, 0.25) is 0 Å². The fraction of sp³-hybridized carbons (Fsp3) is 0.0800. The first-order valence-corrected chi connectivity index (χ1v) is 18.5. The summed E-state index contributed by atoms with van der Waals surface area (Å²) in [5.41, 5.74) is 17.9. The van der Waals surface area contributed by atoms with Crippen LogP contribution < -0.4 is 10.6 Å². The Labute approximate surface area is 301 Å². The van der Waals surface area contributed by atoms with E-state index < -0.39 is 0 Å². The molecule has 2 aromatic heterocycles. The van der Waals surface area contributed by atoms with Crippen molar-refractivity contribution in [3.63, 3.8) is 0 Å². The Hall–Kier alpha value is -6.38. The van der Waals surface area contributed by atoms with Crippen LogP contribution in [0.15, 0.2) is 152 Å². The molecule has 1 aliphatic heterocycles. The molecule has 2 bridgehead atoms. The summed E-state index contributed by atoms with van der Waals surface area (Å²) in [7, 11) is 0. The summed E-state index contributed by atoms with van der Waals surface area (Å²) in [5, 5.41) is 6.59. The normalized spacial score (nSPS) is 16.4. The average molecular weight is 663 g/mol. The number of benzene rings is 7. The predicted octanol–water partition coefficient (Wildman–Crippen LogP) is 11.1. The molecule has 2 nitrogen and oxygen atoms in total. The van der Waals surface area contributed by atoms with Gasteiger partial charge in [0.15, 0.2) is 0 Å². The van der Waals surface area contributed by atoms with Gasteiger partial charge in [-0.05, 0) is 124 Å². The van der Waals surface area contributed by atoms with Crippen LogP contribution in [0.25, 0.3) is 89.6 Å². The van der Waals surface area contributed by atoms with Crippen LogP contribution in [-0.4, -0.2) is 9.13 Å². The summed E-state index contributed by atoms with van der Waals surface area (Å²) in [6.07, 6.45) is 7.01. The molecule has 0 radical (unpaired) electrons. The SMILES string of the molecule is CC12c3ccccc3-c3ccc(cc31)-n1c3ccccc3c3cc(-c4ccc5c(c4)c4c(n5-c5ccc(-c6ccccc6)cc5)=CCCC=4)cc2c31. The van der Waals surface area contributed by atoms with Crippen molar-refractivity contribution in [3.05, 3.63) is 179 Å². The number of nitrogens with zero attached hydrogens (tertiary/aromatic N) is 2. The van der Waals surface area contributed by atoms with Gasteiger partial charge < -0.3 is 9.13 Å². The van der Waals surface area contributed by atoms with Gasteiger partial charge in [-0.1, -0.05) is 109 Å². The van der Waals surface area contributed by atoms with E-state index in [2.05, 4.69) is 180 Å². The average Bonchev–Trinajstić information content (AvgIpc) is 3.80. The molecule has 0 amide bonds. The van der Waals surface area contributed by atoms with Gasteiger partial charge in [0.05, 0.1) is 16.6 Å². The highest BCUT2D eigenvalue weighted by Gasteiger charge is 2.44. The molecule has 1 atom stereocenters. The van der Waals surface area contributed by atoms with E-state index in [4.69, 9.17) is 0 Å². The Morgan fingerprint density at radius 1 is 0.442 bits per heavy atom. The zero-order valence-corrected chi connectivity index (χ0v) is 28.9. The van der Waals surface area contributed by atoms with Crippen LogP contribution in [0, 0.1) is 0 Å². The molecule has 12 rings (SSSR count). The second kappa shape index (κ2) is 10.1. The lowest BCUT2D eigenvalue weighted by Gasteiger charge is -2.28. The molecule has 244 valence electrons. The molecular formula is C50H34N2. The van der Waals surface area contributed by atoms with Gasteiger partial charge in [-0.2, -0.15) is 0 Å². The third kappa shape index (κ3) is 3.59. The summed E-state index contributed by atoms with van der Waals surface area (Å²) in [5.74, 6) is 0. The Kier molecular flexibility index (Phi) is 5.51. The van der Waals surface area contributed by atoms with E-state index in [1.54, 1.807) is 0 Å². The minimum Gasteiger partial charge on any atom is -0.310 e. The minimum absolute atomic E-state index is 0.278. The standard InChI is InChI=1S/C50H34N2/c1-50-43-16-8-5-13-37(43)38-25-24-36(30-44(38)50)52-47-18-10-7-15-40(47)42-28-34(29-45(50)49(42)52)33-21-26-48-41(27-33)39-14-6-9-17-46(39)51(48)35-22-19-32(20-23-35)31-11-3-2-4-12-31/h2-5,7-8,10-30H,6,9H2,1H3. The van der Waals surface area contributed by atoms with Crippen molar-refractivity contribution in [1.29, 1.82) is 0 Å². The van der Waals surface area contributed by atoms with Gasteiger partial charge in [0.1, 0.15) is 0 Å². The molecule has 2 aliphatic carbocycles. The molecule has 0 saturated heterocycles. The summed E-state index contributed by atoms with van der Waals surface area (Å²) >= 11 is 0. The van der Waals surface area contributed by atoms with Crippen LogP contribution in [0.1, 0.15) is 36.5 Å². The fourth-order valence-corrected chi connectivity index (χ4v) is 9.91. The van der Waals surface area contributed by atoms with Crippen molar-refractivity contribution in [2.75, 3.05) is 0 Å². The van der Waals surface area contributed by atoms with Crippen molar-refractivity contribution in [3.8, 4) is 44.8 Å². The number of hydrogen-bond donors (Lipinski definition) is 0. The second-order valence-corrected chi connectivity index (χ2v) is 14.9. The largest absolute Gasteiger partial charge is 0.310 e. The van der Waals surface area contributed by atoms with Gasteiger partial charge in [-0.25, -0.2) is 0 Å². The maximum absolute atomic E-state index is 2.52. The number of rotatable bonds is 3. The molecule has 7 aromatic carbocycles. The number of hydrogen-bond acceptors (Lipinski definition) is 0. The first kappa shape index (κ1) is 28.3. The van der Waals surface area contributed by atoms with E-state index >= 15 is 0 Å². The Balaban J connectivity index is 1.11. The van der Waals surface area contributed by atoms with Gasteiger partial charge in [-0.3, -0.25) is 0 Å². The lowest BCUT2D eigenvalue weighted by molar-refractivity contribution is 0.722. The summed E-state index contributed by atoms with van der Waals surface area (Å²) in [6.45, 7) is 2.46. The third-order valence-electron chi connectivity index (χ3n) is 12.3. The van der Waals surface area contributed by atoms with E-state index in [-0.39, 0.29) is 5.41 Å². The number of para-hydroxylation sites is 1. The van der Waals surface area contributed by atoms with E-state index in [1.165, 1.54) is 105 Å². The molecule has 0 saturated carbocycles. The summed E-state index contributed by atoms with van der Waals surface area (Å²) in [4.78, 5) is 0. The molecule has 1 unspecified atom stereocenters. The summed E-state index contributed by atoms with van der Waals surface area (Å²) in [6, 6.07) is 57.0. The van der Waals surface area contributed by atoms with Gasteiger partial charge >= 0.3 is 0 Å². The third-order valence-corrected chi connectivity index (χ3v) is 12.3. The predicted molar refractivity (Wildman–Crippen MR) is 217 cm³/mol. The maximum Gasteiger partial charge on any atom is 0.0585 e. The van der Waals surface area contributed by atoms with Crippen LogP contribution in [0.3, 0.4) is 0 Å². The van der Waals surface area contributed by atoms with Crippen LogP contribution in [-0.2, 0) is 5.41 Å². The molecule has 0 fully saturated rings. The van der Waals surface area contributed by atoms with Crippen LogP contribution >= 0.6 is 0 Å². The number of fused-ring (bicyclic) bond motifs is 12. The van der Waals surface area contributed by atoms with Crippen molar-refractivity contribution in [2.45, 2.75) is 25.2 Å². The van der Waals surface area contributed by atoms with E-state index in [9.17, 15) is 0 Å². The van der Waals surface area contributed by atoms with Crippen LogP contribution in [0.5, 0.6) is 0 Å². The molecule has 0 N–H and O–H groups in total. The van der Waals surface area contributed by atoms with Crippen molar-refractivity contribution in [2.24, 2.45) is 0 Å². The van der Waals surface area contributed by atoms with E-state index in [0.717, 1.165) is 12.8 Å². The van der Waals surface area contributed by atoms with Gasteiger partial charge in [0.25, 0.3) is 0 Å². The second-order valence-electron chi connectivity index (χ2n) is 14.9. The first-order valence-electron chi connectivity index (χ1n) is 18.5.